The zero-order valence-electron chi connectivity index (χ0n) is 13.1. The molecule has 0 heterocycles. The first kappa shape index (κ1) is 18.0. The Hall–Kier alpha value is -2.01. The zero-order chi connectivity index (χ0) is 16.5. The van der Waals surface area contributed by atoms with Crippen molar-refractivity contribution in [3.05, 3.63) is 29.8 Å². The highest BCUT2D eigenvalue weighted by Crippen LogP contribution is 2.12. The topological polar surface area (TPSA) is 83.5 Å². The van der Waals surface area contributed by atoms with E-state index in [4.69, 9.17) is 0 Å². The van der Waals surface area contributed by atoms with Crippen LogP contribution in [0.4, 0.5) is 0 Å². The molecule has 0 aliphatic heterocycles. The molecule has 0 radical (unpaired) electrons. The van der Waals surface area contributed by atoms with E-state index in [0.717, 1.165) is 5.56 Å². The van der Waals surface area contributed by atoms with Crippen molar-refractivity contribution in [2.75, 3.05) is 7.05 Å². The van der Waals surface area contributed by atoms with Crippen molar-refractivity contribution in [1.82, 2.24) is 5.32 Å². The Morgan fingerprint density at radius 2 is 1.68 bits per heavy atom. The lowest BCUT2D eigenvalue weighted by molar-refractivity contribution is -0.137. The standard InChI is InChI=1S/C17H23NO4/c1-12(19)5-3-4-6-16(21)17(22)15(18-2)11-13-7-9-14(20)10-8-13/h7-10,15,18,20H,3-6,11H2,1-2H3. The summed E-state index contributed by atoms with van der Waals surface area (Å²) in [5.41, 5.74) is 0.870. The van der Waals surface area contributed by atoms with Crippen LogP contribution in [0.25, 0.3) is 0 Å². The van der Waals surface area contributed by atoms with Crippen molar-refractivity contribution in [3.8, 4) is 5.75 Å². The summed E-state index contributed by atoms with van der Waals surface area (Å²) in [4.78, 5) is 34.9. The molecule has 0 saturated carbocycles. The molecular formula is C17H23NO4. The van der Waals surface area contributed by atoms with Gasteiger partial charge in [-0.3, -0.25) is 9.59 Å². The average molecular weight is 305 g/mol. The lowest BCUT2D eigenvalue weighted by Gasteiger charge is -2.14. The summed E-state index contributed by atoms with van der Waals surface area (Å²) in [5, 5.41) is 12.1. The molecule has 0 saturated heterocycles. The predicted molar refractivity (Wildman–Crippen MR) is 83.8 cm³/mol. The smallest absolute Gasteiger partial charge is 0.215 e. The number of rotatable bonds is 10. The molecule has 120 valence electrons. The van der Waals surface area contributed by atoms with E-state index in [1.165, 1.54) is 6.92 Å². The van der Waals surface area contributed by atoms with E-state index in [1.54, 1.807) is 31.3 Å². The largest absolute Gasteiger partial charge is 0.508 e. The van der Waals surface area contributed by atoms with E-state index in [0.29, 0.717) is 25.7 Å². The maximum atomic E-state index is 12.1. The van der Waals surface area contributed by atoms with Crippen molar-refractivity contribution < 1.29 is 19.5 Å². The van der Waals surface area contributed by atoms with Gasteiger partial charge in [-0.05, 0) is 50.9 Å². The lowest BCUT2D eigenvalue weighted by atomic mass is 9.97. The number of nitrogens with one attached hydrogen (secondary N) is 1. The number of unbranched alkanes of at least 4 members (excludes halogenated alkanes) is 1. The Balaban J connectivity index is 2.50. The number of phenolic OH excluding ortho intramolecular Hbond substituents is 1. The third-order valence-electron chi connectivity index (χ3n) is 3.50. The number of ketones is 3. The van der Waals surface area contributed by atoms with E-state index >= 15 is 0 Å². The fourth-order valence-corrected chi connectivity index (χ4v) is 2.17. The molecule has 0 bridgehead atoms. The Morgan fingerprint density at radius 3 is 2.23 bits per heavy atom. The maximum Gasteiger partial charge on any atom is 0.215 e. The van der Waals surface area contributed by atoms with Gasteiger partial charge in [0.1, 0.15) is 11.5 Å². The van der Waals surface area contributed by atoms with Gasteiger partial charge < -0.3 is 15.2 Å². The van der Waals surface area contributed by atoms with Crippen LogP contribution in [0.2, 0.25) is 0 Å². The van der Waals surface area contributed by atoms with E-state index in [9.17, 15) is 19.5 Å². The second-order valence-electron chi connectivity index (χ2n) is 5.41. The Kier molecular flexibility index (Phi) is 7.46. The van der Waals surface area contributed by atoms with Crippen LogP contribution in [0.5, 0.6) is 5.75 Å². The molecule has 2 N–H and O–H groups in total. The number of aromatic hydroxyl groups is 1. The lowest BCUT2D eigenvalue weighted by Crippen LogP contribution is -2.40. The number of carbonyl (C=O) groups excluding carboxylic acids is 3. The minimum atomic E-state index is -0.565. The first-order valence-corrected chi connectivity index (χ1v) is 7.45. The van der Waals surface area contributed by atoms with Crippen molar-refractivity contribution in [1.29, 1.82) is 0 Å². The number of hydrogen-bond donors (Lipinski definition) is 2. The molecule has 1 aromatic carbocycles. The Bertz CT molecular complexity index is 522. The molecule has 1 atom stereocenters. The molecule has 1 aromatic rings. The van der Waals surface area contributed by atoms with E-state index < -0.39 is 17.6 Å². The fourth-order valence-electron chi connectivity index (χ4n) is 2.17. The van der Waals surface area contributed by atoms with Crippen LogP contribution in [0, 0.1) is 0 Å². The highest BCUT2D eigenvalue weighted by molar-refractivity contribution is 6.39. The average Bonchev–Trinajstić information content (AvgIpc) is 2.50. The summed E-state index contributed by atoms with van der Waals surface area (Å²) in [6.07, 6.45) is 2.22. The van der Waals surface area contributed by atoms with Crippen molar-refractivity contribution in [3.63, 3.8) is 0 Å². The van der Waals surface area contributed by atoms with Gasteiger partial charge >= 0.3 is 0 Å². The fraction of sp³-hybridized carbons (Fsp3) is 0.471. The SMILES string of the molecule is CNC(Cc1ccc(O)cc1)C(=O)C(=O)CCCCC(C)=O. The summed E-state index contributed by atoms with van der Waals surface area (Å²) in [6.45, 7) is 1.52. The number of Topliss-reactive ketones (excluding diaryl/α,β-unsaturated/α-hetero) is 3. The number of carbonyl (C=O) groups is 3. The van der Waals surface area contributed by atoms with Crippen molar-refractivity contribution in [2.45, 2.75) is 45.1 Å². The molecule has 1 unspecified atom stereocenters. The van der Waals surface area contributed by atoms with E-state index in [2.05, 4.69) is 5.32 Å². The van der Waals surface area contributed by atoms with Gasteiger partial charge in [0.25, 0.3) is 0 Å². The normalized spacial score (nSPS) is 11.9. The summed E-state index contributed by atoms with van der Waals surface area (Å²) in [6, 6.07) is 5.99. The first-order valence-electron chi connectivity index (χ1n) is 7.45. The molecule has 5 nitrogen and oxygen atoms in total. The van der Waals surface area contributed by atoms with Crippen LogP contribution in [0.3, 0.4) is 0 Å². The molecule has 5 heteroatoms. The second-order valence-corrected chi connectivity index (χ2v) is 5.41. The van der Waals surface area contributed by atoms with Gasteiger partial charge in [-0.2, -0.15) is 0 Å². The third-order valence-corrected chi connectivity index (χ3v) is 3.50. The molecule has 1 rings (SSSR count). The van der Waals surface area contributed by atoms with Crippen LogP contribution in [0.15, 0.2) is 24.3 Å². The number of phenols is 1. The molecule has 0 aliphatic rings. The minimum Gasteiger partial charge on any atom is -0.508 e. The zero-order valence-corrected chi connectivity index (χ0v) is 13.1. The summed E-state index contributed by atoms with van der Waals surface area (Å²) >= 11 is 0. The molecular weight excluding hydrogens is 282 g/mol. The van der Waals surface area contributed by atoms with Crippen molar-refractivity contribution in [2.24, 2.45) is 0 Å². The van der Waals surface area contributed by atoms with Crippen LogP contribution in [-0.2, 0) is 20.8 Å². The molecule has 22 heavy (non-hydrogen) atoms. The molecule has 0 fully saturated rings. The van der Waals surface area contributed by atoms with E-state index in [-0.39, 0.29) is 18.0 Å². The number of benzene rings is 1. The number of likely N-dealkylation sites (N-methyl/N-ethyl adjacent to an activating group) is 1. The van der Waals surface area contributed by atoms with E-state index in [1.807, 2.05) is 0 Å². The molecule has 0 amide bonds. The van der Waals surface area contributed by atoms with Gasteiger partial charge in [-0.25, -0.2) is 0 Å². The van der Waals surface area contributed by atoms with Gasteiger partial charge in [-0.15, -0.1) is 0 Å². The minimum absolute atomic E-state index is 0.0965. The Morgan fingerprint density at radius 1 is 1.09 bits per heavy atom. The predicted octanol–water partition coefficient (Wildman–Crippen LogP) is 1.81. The van der Waals surface area contributed by atoms with Crippen LogP contribution in [-0.4, -0.2) is 35.5 Å². The third kappa shape index (κ3) is 6.18. The van der Waals surface area contributed by atoms with Gasteiger partial charge in [-0.1, -0.05) is 12.1 Å². The summed E-state index contributed by atoms with van der Waals surface area (Å²) in [7, 11) is 1.64. The monoisotopic (exact) mass is 305 g/mol. The van der Waals surface area contributed by atoms with Gasteiger partial charge in [0.05, 0.1) is 6.04 Å². The maximum absolute atomic E-state index is 12.1. The highest BCUT2D eigenvalue weighted by Gasteiger charge is 2.23. The van der Waals surface area contributed by atoms with Crippen LogP contribution >= 0.6 is 0 Å². The Labute approximate surface area is 130 Å². The number of hydrogen-bond acceptors (Lipinski definition) is 5. The van der Waals surface area contributed by atoms with Crippen LogP contribution in [0.1, 0.15) is 38.2 Å². The summed E-state index contributed by atoms with van der Waals surface area (Å²) in [5.74, 6) is -0.572. The summed E-state index contributed by atoms with van der Waals surface area (Å²) < 4.78 is 0. The molecule has 0 aromatic heterocycles. The highest BCUT2D eigenvalue weighted by atomic mass is 16.3. The van der Waals surface area contributed by atoms with Crippen molar-refractivity contribution >= 4 is 17.3 Å². The van der Waals surface area contributed by atoms with Gasteiger partial charge in [0, 0.05) is 12.8 Å². The van der Waals surface area contributed by atoms with Gasteiger partial charge in [0.15, 0.2) is 5.78 Å². The van der Waals surface area contributed by atoms with Gasteiger partial charge in [0.2, 0.25) is 5.78 Å². The molecule has 0 spiro atoms. The van der Waals surface area contributed by atoms with Crippen LogP contribution < -0.4 is 5.32 Å². The quantitative estimate of drug-likeness (QED) is 0.509. The second kappa shape index (κ2) is 9.10. The molecule has 0 aliphatic carbocycles. The first-order chi connectivity index (χ1) is 10.4.